The van der Waals surface area contributed by atoms with Gasteiger partial charge < -0.3 is 4.74 Å². The Labute approximate surface area is 169 Å². The first kappa shape index (κ1) is 21.0. The van der Waals surface area contributed by atoms with Gasteiger partial charge in [0, 0.05) is 21.7 Å². The van der Waals surface area contributed by atoms with Crippen LogP contribution in [0.5, 0.6) is 0 Å². The molecule has 0 saturated carbocycles. The number of carbonyl (C=O) groups is 1. The smallest absolute Gasteiger partial charge is 0.308 e. The second kappa shape index (κ2) is 10.2. The summed E-state index contributed by atoms with van der Waals surface area (Å²) in [5.41, 5.74) is 3.01. The molecule has 0 radical (unpaired) electrons. The van der Waals surface area contributed by atoms with Crippen molar-refractivity contribution < 1.29 is 9.53 Å². The minimum Gasteiger partial charge on any atom is -0.466 e. The minimum atomic E-state index is -0.212. The molecule has 6 heteroatoms. The van der Waals surface area contributed by atoms with Crippen molar-refractivity contribution in [2.24, 2.45) is 5.92 Å². The third-order valence-corrected chi connectivity index (χ3v) is 5.03. The van der Waals surface area contributed by atoms with E-state index in [1.165, 1.54) is 0 Å². The lowest BCUT2D eigenvalue weighted by Gasteiger charge is -2.19. The predicted octanol–water partition coefficient (Wildman–Crippen LogP) is 5.90. The van der Waals surface area contributed by atoms with Gasteiger partial charge in [-0.2, -0.15) is 0 Å². The first-order valence-electron chi connectivity index (χ1n) is 8.51. The Morgan fingerprint density at radius 3 is 2.46 bits per heavy atom. The molecule has 1 N–H and O–H groups in total. The summed E-state index contributed by atoms with van der Waals surface area (Å²) >= 11 is 18.2. The van der Waals surface area contributed by atoms with E-state index in [0.717, 1.165) is 16.7 Å². The summed E-state index contributed by atoms with van der Waals surface area (Å²) in [6, 6.07) is 13.5. The van der Waals surface area contributed by atoms with Crippen LogP contribution in [-0.4, -0.2) is 18.6 Å². The van der Waals surface area contributed by atoms with E-state index >= 15 is 0 Å². The highest BCUT2D eigenvalue weighted by atomic mass is 35.5. The van der Waals surface area contributed by atoms with E-state index in [1.807, 2.05) is 37.3 Å². The fourth-order valence-electron chi connectivity index (χ4n) is 2.80. The Bertz CT molecular complexity index is 734. The Balaban J connectivity index is 2.05. The number of rotatable bonds is 8. The second-order valence-corrected chi connectivity index (χ2v) is 7.28. The van der Waals surface area contributed by atoms with Crippen LogP contribution in [0.3, 0.4) is 0 Å². The van der Waals surface area contributed by atoms with E-state index < -0.39 is 0 Å². The first-order valence-corrected chi connectivity index (χ1v) is 9.65. The molecule has 3 nitrogen and oxygen atoms in total. The molecule has 2 aromatic rings. The summed E-state index contributed by atoms with van der Waals surface area (Å²) in [4.78, 5) is 14.6. The molecule has 2 aromatic carbocycles. The lowest BCUT2D eigenvalue weighted by molar-refractivity contribution is -0.147. The van der Waals surface area contributed by atoms with Gasteiger partial charge in [0.05, 0.1) is 12.5 Å². The van der Waals surface area contributed by atoms with Crippen LogP contribution in [0.4, 0.5) is 0 Å². The van der Waals surface area contributed by atoms with Crippen LogP contribution in [-0.2, 0) is 16.0 Å². The van der Waals surface area contributed by atoms with E-state index in [2.05, 4.69) is 4.84 Å². The number of hydrogen-bond acceptors (Lipinski definition) is 3. The molecular formula is C20H22Cl3NO2. The Kier molecular flexibility index (Phi) is 8.23. The fourth-order valence-corrected chi connectivity index (χ4v) is 3.36. The van der Waals surface area contributed by atoms with Crippen LogP contribution in [0.15, 0.2) is 42.5 Å². The summed E-state index contributed by atoms with van der Waals surface area (Å²) in [6.07, 6.45) is 1.31. The largest absolute Gasteiger partial charge is 0.466 e. The zero-order valence-electron chi connectivity index (χ0n) is 14.8. The molecule has 1 unspecified atom stereocenters. The molecule has 26 heavy (non-hydrogen) atoms. The third-order valence-electron chi connectivity index (χ3n) is 4.16. The summed E-state index contributed by atoms with van der Waals surface area (Å²) in [5, 5.41) is 1.30. The van der Waals surface area contributed by atoms with Crippen molar-refractivity contribution in [3.8, 4) is 11.1 Å². The topological polar surface area (TPSA) is 38.3 Å². The quantitative estimate of drug-likeness (QED) is 0.431. The van der Waals surface area contributed by atoms with Crippen molar-refractivity contribution in [1.29, 1.82) is 0 Å². The van der Waals surface area contributed by atoms with E-state index in [9.17, 15) is 4.79 Å². The van der Waals surface area contributed by atoms with Crippen molar-refractivity contribution >= 4 is 40.9 Å². The molecule has 0 heterocycles. The maximum Gasteiger partial charge on any atom is 0.308 e. The van der Waals surface area contributed by atoms with Gasteiger partial charge in [0.1, 0.15) is 0 Å². The van der Waals surface area contributed by atoms with Crippen LogP contribution >= 0.6 is 35.0 Å². The average Bonchev–Trinajstić information content (AvgIpc) is 2.64. The molecule has 2 rings (SSSR count). The number of benzene rings is 2. The molecule has 0 aromatic heterocycles. The summed E-state index contributed by atoms with van der Waals surface area (Å²) in [5.74, 6) is -0.411. The molecule has 0 aliphatic carbocycles. The molecule has 0 fully saturated rings. The zero-order chi connectivity index (χ0) is 19.1. The molecule has 0 saturated heterocycles. The predicted molar refractivity (Wildman–Crippen MR) is 109 cm³/mol. The van der Waals surface area contributed by atoms with Gasteiger partial charge in [-0.3, -0.25) is 4.79 Å². The molecular weight excluding hydrogens is 393 g/mol. The molecule has 0 aliphatic rings. The highest BCUT2D eigenvalue weighted by Gasteiger charge is 2.20. The molecule has 0 aliphatic heterocycles. The lowest BCUT2D eigenvalue weighted by atomic mass is 9.95. The molecule has 0 amide bonds. The number of carbonyl (C=O) groups excluding carboxylic acids is 1. The Hall–Kier alpha value is -1.26. The normalized spacial score (nSPS) is 13.3. The van der Waals surface area contributed by atoms with Gasteiger partial charge in [-0.25, -0.2) is 4.84 Å². The number of halogens is 3. The van der Waals surface area contributed by atoms with Crippen molar-refractivity contribution in [1.82, 2.24) is 4.84 Å². The summed E-state index contributed by atoms with van der Waals surface area (Å²) in [7, 11) is 0. The van der Waals surface area contributed by atoms with Crippen molar-refractivity contribution in [2.45, 2.75) is 32.7 Å². The first-order chi connectivity index (χ1) is 12.4. The molecule has 0 spiro atoms. The van der Waals surface area contributed by atoms with Crippen LogP contribution in [0, 0.1) is 5.92 Å². The highest BCUT2D eigenvalue weighted by Crippen LogP contribution is 2.30. The molecule has 0 bridgehead atoms. The standard InChI is InChI=1S/C20H22Cl3NO2/c1-3-26-20(25)13(2)10-17(24-23)11-14-4-6-15(7-5-14)18-12-16(21)8-9-19(18)22/h4-9,12-13,17,24H,3,10-11H2,1-2H3/t13?,17-/m0/s1. The van der Waals surface area contributed by atoms with E-state index in [-0.39, 0.29) is 17.9 Å². The maximum absolute atomic E-state index is 11.8. The van der Waals surface area contributed by atoms with Crippen LogP contribution in [0.1, 0.15) is 25.8 Å². The second-order valence-electron chi connectivity index (χ2n) is 6.22. The van der Waals surface area contributed by atoms with E-state index in [1.54, 1.807) is 19.1 Å². The average molecular weight is 415 g/mol. The Morgan fingerprint density at radius 1 is 1.15 bits per heavy atom. The monoisotopic (exact) mass is 413 g/mol. The molecule has 2 atom stereocenters. The third kappa shape index (κ3) is 5.88. The van der Waals surface area contributed by atoms with Crippen molar-refractivity contribution in [3.63, 3.8) is 0 Å². The van der Waals surface area contributed by atoms with Gasteiger partial charge in [0.15, 0.2) is 0 Å². The van der Waals surface area contributed by atoms with Crippen molar-refractivity contribution in [2.75, 3.05) is 6.61 Å². The number of esters is 1. The summed E-state index contributed by atoms with van der Waals surface area (Å²) in [6.45, 7) is 4.04. The molecule has 140 valence electrons. The number of ether oxygens (including phenoxy) is 1. The maximum atomic E-state index is 11.8. The zero-order valence-corrected chi connectivity index (χ0v) is 17.0. The van der Waals surface area contributed by atoms with Gasteiger partial charge in [0.25, 0.3) is 0 Å². The van der Waals surface area contributed by atoms with E-state index in [0.29, 0.717) is 29.5 Å². The summed E-state index contributed by atoms with van der Waals surface area (Å²) < 4.78 is 5.05. The Morgan fingerprint density at radius 2 is 1.85 bits per heavy atom. The highest BCUT2D eigenvalue weighted by molar-refractivity contribution is 6.35. The van der Waals surface area contributed by atoms with E-state index in [4.69, 9.17) is 39.7 Å². The number of hydrogen-bond donors (Lipinski definition) is 1. The van der Waals surface area contributed by atoms with Crippen LogP contribution < -0.4 is 4.84 Å². The lowest BCUT2D eigenvalue weighted by Crippen LogP contribution is -2.29. The van der Waals surface area contributed by atoms with Gasteiger partial charge >= 0.3 is 5.97 Å². The van der Waals surface area contributed by atoms with Crippen molar-refractivity contribution in [3.05, 3.63) is 58.1 Å². The van der Waals surface area contributed by atoms with Gasteiger partial charge in [-0.1, -0.05) is 54.4 Å². The van der Waals surface area contributed by atoms with Crippen LogP contribution in [0.25, 0.3) is 11.1 Å². The van der Waals surface area contributed by atoms with Gasteiger partial charge in [-0.05, 0) is 60.9 Å². The van der Waals surface area contributed by atoms with Crippen LogP contribution in [0.2, 0.25) is 10.0 Å². The van der Waals surface area contributed by atoms with Gasteiger partial charge in [0.2, 0.25) is 0 Å². The minimum absolute atomic E-state index is 0.0309. The fraction of sp³-hybridized carbons (Fsp3) is 0.350. The SMILES string of the molecule is CCOC(=O)C(C)C[C@@H](Cc1ccc(-c2cc(Cl)ccc2Cl)cc1)NCl. The number of nitrogens with one attached hydrogen (secondary N) is 1. The van der Waals surface area contributed by atoms with Gasteiger partial charge in [-0.15, -0.1) is 0 Å².